The number of carbonyl (C=O) groups excluding carboxylic acids is 1. The maximum absolute atomic E-state index is 13.3. The van der Waals surface area contributed by atoms with Gasteiger partial charge in [0.2, 0.25) is 0 Å². The molecule has 1 nitrogen and oxygen atoms in total. The molecule has 0 amide bonds. The SMILES string of the molecule is C[C@@H]1CC(C)(C)[C@@H]2CC[C@]3(C)[C@H](CC[C@@H]4[C@@]5(C)C[C@H](C)C(=O)C(C)(C)[C@@H]5CC[C@]43C)[C@@]2(C)C1. The third kappa shape index (κ3) is 2.86. The molecule has 0 bridgehead atoms. The van der Waals surface area contributed by atoms with Crippen molar-refractivity contribution in [3.8, 4) is 0 Å². The number of fused-ring (bicyclic) bond motifs is 7. The highest BCUT2D eigenvalue weighted by atomic mass is 16.1. The average molecular weight is 455 g/mol. The molecule has 5 saturated carbocycles. The van der Waals surface area contributed by atoms with Crippen molar-refractivity contribution in [2.45, 2.75) is 127 Å². The van der Waals surface area contributed by atoms with Gasteiger partial charge in [0.25, 0.3) is 0 Å². The minimum Gasteiger partial charge on any atom is -0.299 e. The molecule has 33 heavy (non-hydrogen) atoms. The summed E-state index contributed by atoms with van der Waals surface area (Å²) in [6.45, 7) is 25.4. The van der Waals surface area contributed by atoms with Gasteiger partial charge in [-0.25, -0.2) is 0 Å². The second-order valence-corrected chi connectivity index (χ2v) is 16.4. The number of Topliss-reactive ketones (excluding diaryl/α,β-unsaturated/α-hetero) is 1. The monoisotopic (exact) mass is 454 g/mol. The van der Waals surface area contributed by atoms with Crippen LogP contribution in [0.15, 0.2) is 0 Å². The van der Waals surface area contributed by atoms with Crippen LogP contribution in [0.4, 0.5) is 0 Å². The van der Waals surface area contributed by atoms with Crippen LogP contribution in [0.5, 0.6) is 0 Å². The van der Waals surface area contributed by atoms with Crippen molar-refractivity contribution in [1.29, 1.82) is 0 Å². The molecular formula is C32H54O. The Hall–Kier alpha value is -0.330. The summed E-state index contributed by atoms with van der Waals surface area (Å²) in [7, 11) is 0. The van der Waals surface area contributed by atoms with Crippen LogP contribution in [-0.4, -0.2) is 5.78 Å². The van der Waals surface area contributed by atoms with E-state index < -0.39 is 0 Å². The van der Waals surface area contributed by atoms with Crippen molar-refractivity contribution >= 4 is 5.78 Å². The molecule has 188 valence electrons. The average Bonchev–Trinajstić information content (AvgIpc) is 2.65. The van der Waals surface area contributed by atoms with E-state index >= 15 is 0 Å². The molecular weight excluding hydrogens is 400 g/mol. The first kappa shape index (κ1) is 24.4. The van der Waals surface area contributed by atoms with Crippen molar-refractivity contribution in [2.24, 2.45) is 68.0 Å². The second-order valence-electron chi connectivity index (χ2n) is 16.4. The maximum Gasteiger partial charge on any atom is 0.141 e. The van der Waals surface area contributed by atoms with Gasteiger partial charge in [-0.1, -0.05) is 69.2 Å². The van der Waals surface area contributed by atoms with Crippen molar-refractivity contribution < 1.29 is 4.79 Å². The molecule has 0 aliphatic heterocycles. The molecule has 0 aromatic rings. The van der Waals surface area contributed by atoms with E-state index in [1.807, 2.05) is 0 Å². The van der Waals surface area contributed by atoms with Gasteiger partial charge in [-0.05, 0) is 114 Å². The van der Waals surface area contributed by atoms with Crippen LogP contribution in [-0.2, 0) is 4.79 Å². The lowest BCUT2D eigenvalue weighted by Crippen LogP contribution is -2.68. The summed E-state index contributed by atoms with van der Waals surface area (Å²) in [6, 6.07) is 0. The molecule has 0 heterocycles. The van der Waals surface area contributed by atoms with E-state index in [4.69, 9.17) is 0 Å². The fraction of sp³-hybridized carbons (Fsp3) is 0.969. The molecule has 0 unspecified atom stereocenters. The van der Waals surface area contributed by atoms with E-state index in [0.29, 0.717) is 38.8 Å². The topological polar surface area (TPSA) is 17.1 Å². The first-order chi connectivity index (χ1) is 15.0. The Balaban J connectivity index is 1.56. The summed E-state index contributed by atoms with van der Waals surface area (Å²) in [5.74, 6) is 4.71. The summed E-state index contributed by atoms with van der Waals surface area (Å²) in [4.78, 5) is 13.3. The molecule has 0 N–H and O–H groups in total. The Morgan fingerprint density at radius 1 is 0.606 bits per heavy atom. The van der Waals surface area contributed by atoms with Gasteiger partial charge in [-0.2, -0.15) is 0 Å². The van der Waals surface area contributed by atoms with E-state index in [2.05, 4.69) is 69.2 Å². The fourth-order valence-corrected chi connectivity index (χ4v) is 13.3. The molecule has 0 radical (unpaired) electrons. The summed E-state index contributed by atoms with van der Waals surface area (Å²) >= 11 is 0. The molecule has 5 aliphatic carbocycles. The fourth-order valence-electron chi connectivity index (χ4n) is 13.3. The molecule has 10 atom stereocenters. The highest BCUT2D eigenvalue weighted by molar-refractivity contribution is 5.87. The molecule has 5 fully saturated rings. The smallest absolute Gasteiger partial charge is 0.141 e. The van der Waals surface area contributed by atoms with E-state index in [0.717, 1.165) is 30.1 Å². The Morgan fingerprint density at radius 3 is 1.64 bits per heavy atom. The van der Waals surface area contributed by atoms with Crippen LogP contribution in [0.3, 0.4) is 0 Å². The Kier molecular flexibility index (Phi) is 5.10. The summed E-state index contributed by atoms with van der Waals surface area (Å²) in [6.07, 6.45) is 12.3. The molecule has 0 saturated heterocycles. The van der Waals surface area contributed by atoms with Crippen LogP contribution >= 0.6 is 0 Å². The van der Waals surface area contributed by atoms with Gasteiger partial charge < -0.3 is 0 Å². The van der Waals surface area contributed by atoms with E-state index in [9.17, 15) is 4.79 Å². The number of ketones is 1. The zero-order chi connectivity index (χ0) is 24.4. The van der Waals surface area contributed by atoms with Crippen LogP contribution in [0.1, 0.15) is 127 Å². The largest absolute Gasteiger partial charge is 0.299 e. The minimum absolute atomic E-state index is 0.155. The normalized spacial score (nSPS) is 57.3. The van der Waals surface area contributed by atoms with E-state index in [-0.39, 0.29) is 11.3 Å². The van der Waals surface area contributed by atoms with Crippen molar-refractivity contribution in [2.75, 3.05) is 0 Å². The van der Waals surface area contributed by atoms with E-state index in [1.54, 1.807) is 0 Å². The predicted molar refractivity (Wildman–Crippen MR) is 139 cm³/mol. The summed E-state index contributed by atoms with van der Waals surface area (Å²) in [5.41, 5.74) is 1.99. The standard InChI is InChI=1S/C32H54O/c1-20-17-27(3,4)22-13-15-31(9)24(29(22,7)18-20)11-12-25-30(8)19-21(2)26(33)28(5,6)23(30)14-16-32(25,31)10/h20-25H,11-19H2,1-10H3/t20-,21+,22+,23+,24-,25-,29+,30+,31-,32-/m1/s1. The van der Waals surface area contributed by atoms with Gasteiger partial charge in [-0.15, -0.1) is 0 Å². The zero-order valence-corrected chi connectivity index (χ0v) is 23.7. The van der Waals surface area contributed by atoms with Crippen LogP contribution in [0.25, 0.3) is 0 Å². The zero-order valence-electron chi connectivity index (χ0n) is 23.7. The number of hydrogen-bond acceptors (Lipinski definition) is 1. The highest BCUT2D eigenvalue weighted by Crippen LogP contribution is 2.78. The highest BCUT2D eigenvalue weighted by Gasteiger charge is 2.71. The molecule has 0 aromatic heterocycles. The summed E-state index contributed by atoms with van der Waals surface area (Å²) < 4.78 is 0. The molecule has 0 aromatic carbocycles. The molecule has 5 rings (SSSR count). The number of hydrogen-bond donors (Lipinski definition) is 0. The maximum atomic E-state index is 13.3. The second kappa shape index (κ2) is 6.91. The predicted octanol–water partition coefficient (Wildman–Crippen LogP) is 8.95. The first-order valence-electron chi connectivity index (χ1n) is 14.6. The summed E-state index contributed by atoms with van der Waals surface area (Å²) in [5, 5.41) is 0. The van der Waals surface area contributed by atoms with Crippen molar-refractivity contribution in [1.82, 2.24) is 0 Å². The van der Waals surface area contributed by atoms with Gasteiger partial charge >= 0.3 is 0 Å². The molecule has 1 heteroatoms. The van der Waals surface area contributed by atoms with Crippen LogP contribution in [0.2, 0.25) is 0 Å². The third-order valence-electron chi connectivity index (χ3n) is 14.0. The van der Waals surface area contributed by atoms with Gasteiger partial charge in [0.1, 0.15) is 5.78 Å². The lowest BCUT2D eigenvalue weighted by Gasteiger charge is -2.75. The number of rotatable bonds is 0. The third-order valence-corrected chi connectivity index (χ3v) is 14.0. The van der Waals surface area contributed by atoms with Gasteiger partial charge in [0.15, 0.2) is 0 Å². The number of carbonyl (C=O) groups is 1. The Labute approximate surface area is 205 Å². The quantitative estimate of drug-likeness (QED) is 0.357. The molecule has 0 spiro atoms. The van der Waals surface area contributed by atoms with Crippen LogP contribution < -0.4 is 0 Å². The van der Waals surface area contributed by atoms with Gasteiger partial charge in [0, 0.05) is 11.3 Å². The Bertz CT molecular complexity index is 837. The van der Waals surface area contributed by atoms with Gasteiger partial charge in [-0.3, -0.25) is 4.79 Å². The van der Waals surface area contributed by atoms with Crippen molar-refractivity contribution in [3.05, 3.63) is 0 Å². The minimum atomic E-state index is -0.155. The molecule has 5 aliphatic rings. The first-order valence-corrected chi connectivity index (χ1v) is 14.6. The lowest BCUT2D eigenvalue weighted by atomic mass is 9.30. The van der Waals surface area contributed by atoms with Crippen LogP contribution in [0, 0.1) is 68.0 Å². The Morgan fingerprint density at radius 2 is 1.09 bits per heavy atom. The van der Waals surface area contributed by atoms with Gasteiger partial charge in [0.05, 0.1) is 0 Å². The van der Waals surface area contributed by atoms with Crippen molar-refractivity contribution in [3.63, 3.8) is 0 Å². The van der Waals surface area contributed by atoms with E-state index in [1.165, 1.54) is 51.4 Å². The lowest BCUT2D eigenvalue weighted by molar-refractivity contribution is -0.258.